The summed E-state index contributed by atoms with van der Waals surface area (Å²) in [5.74, 6) is 0. The number of hydrogen-bond donors (Lipinski definition) is 0. The van der Waals surface area contributed by atoms with Crippen LogP contribution in [0.3, 0.4) is 0 Å². The van der Waals surface area contributed by atoms with E-state index in [-0.39, 0.29) is 0 Å². The summed E-state index contributed by atoms with van der Waals surface area (Å²) in [4.78, 5) is 0. The normalized spacial score (nSPS) is 12.0. The summed E-state index contributed by atoms with van der Waals surface area (Å²) < 4.78 is 9.67. The number of aromatic nitrogens is 4. The van der Waals surface area contributed by atoms with Gasteiger partial charge in [0.1, 0.15) is 0 Å². The van der Waals surface area contributed by atoms with Crippen LogP contribution in [-0.4, -0.2) is 18.3 Å². The molecule has 0 saturated carbocycles. The lowest BCUT2D eigenvalue weighted by molar-refractivity contribution is 1.18. The van der Waals surface area contributed by atoms with Gasteiger partial charge in [0.2, 0.25) is 0 Å². The van der Waals surface area contributed by atoms with Crippen LogP contribution in [0, 0.1) is 0 Å². The molecule has 4 heteroatoms. The van der Waals surface area contributed by atoms with Crippen molar-refractivity contribution in [1.82, 2.24) is 18.3 Å². The summed E-state index contributed by atoms with van der Waals surface area (Å²) in [5, 5.41) is 25.3. The zero-order valence-corrected chi connectivity index (χ0v) is 54.4. The summed E-state index contributed by atoms with van der Waals surface area (Å²) in [6.07, 6.45) is 0. The van der Waals surface area contributed by atoms with E-state index in [2.05, 4.69) is 382 Å². The van der Waals surface area contributed by atoms with E-state index in [9.17, 15) is 0 Å². The molecule has 100 heavy (non-hydrogen) atoms. The monoisotopic (exact) mass is 1270 g/mol. The second-order valence-electron chi connectivity index (χ2n) is 26.8. The van der Waals surface area contributed by atoms with Crippen molar-refractivity contribution in [1.29, 1.82) is 0 Å². The maximum atomic E-state index is 2.43. The molecule has 464 valence electrons. The van der Waals surface area contributed by atoms with Crippen molar-refractivity contribution in [3.63, 3.8) is 0 Å². The van der Waals surface area contributed by atoms with Gasteiger partial charge in [0.15, 0.2) is 0 Å². The van der Waals surface area contributed by atoms with E-state index in [0.29, 0.717) is 0 Å². The zero-order valence-electron chi connectivity index (χ0n) is 54.4. The van der Waals surface area contributed by atoms with Gasteiger partial charge in [-0.25, -0.2) is 0 Å². The molecular weight excluding hydrogens is 1210 g/mol. The van der Waals surface area contributed by atoms with Gasteiger partial charge in [-0.2, -0.15) is 0 Å². The molecule has 0 aliphatic carbocycles. The van der Waals surface area contributed by atoms with E-state index < -0.39 is 0 Å². The van der Waals surface area contributed by atoms with Gasteiger partial charge in [0, 0.05) is 65.8 Å². The lowest BCUT2D eigenvalue weighted by Gasteiger charge is -2.12. The fourth-order valence-electron chi connectivity index (χ4n) is 16.6. The van der Waals surface area contributed by atoms with Crippen LogP contribution in [-0.2, 0) is 0 Å². The van der Waals surface area contributed by atoms with Crippen LogP contribution < -0.4 is 0 Å². The van der Waals surface area contributed by atoms with Crippen LogP contribution in [0.4, 0.5) is 0 Å². The van der Waals surface area contributed by atoms with E-state index in [1.54, 1.807) is 0 Å². The first kappa shape index (κ1) is 55.9. The maximum Gasteiger partial charge on any atom is 0.0541 e. The second-order valence-corrected chi connectivity index (χ2v) is 26.8. The van der Waals surface area contributed by atoms with Crippen LogP contribution in [0.25, 0.3) is 197 Å². The Kier molecular flexibility index (Phi) is 12.4. The molecule has 22 rings (SSSR count). The van der Waals surface area contributed by atoms with Gasteiger partial charge in [-0.05, 0) is 208 Å². The standard InChI is InChI=1S/C52H32N2.C44H28N2/c1-3-11-41-33(9-1)17-19-35-21-25-39(31-45(35)41)53-49-15-7-5-13-43(49)47-29-37(23-27-51(47)53)38-24-28-52-48(30-38)44-14-6-8-16-50(44)54(52)40-26-22-36-20-18-34-10-2-4-12-42(34)46(36)32-40;1-3-11-31-25-35(21-17-29(31)9-1)45-41-15-7-5-13-37(41)39-27-33(19-23-43(39)45)34-20-24-44-40(28-34)38-14-6-8-16-42(38)46(44)36-22-18-30-10-2-4-12-32(30)26-36/h1-32H;1-28H. The van der Waals surface area contributed by atoms with Crippen molar-refractivity contribution in [2.45, 2.75) is 0 Å². The molecule has 4 aromatic heterocycles. The smallest absolute Gasteiger partial charge is 0.0541 e. The molecule has 22 aromatic rings. The average Bonchev–Trinajstić information content (AvgIpc) is 1.58. The Morgan fingerprint density at radius 2 is 0.340 bits per heavy atom. The minimum absolute atomic E-state index is 1.17. The fraction of sp³-hybridized carbons (Fsp3) is 0. The number of hydrogen-bond acceptors (Lipinski definition) is 0. The van der Waals surface area contributed by atoms with Crippen molar-refractivity contribution in [2.75, 3.05) is 0 Å². The third-order valence-electron chi connectivity index (χ3n) is 21.3. The highest BCUT2D eigenvalue weighted by atomic mass is 15.0. The summed E-state index contributed by atoms with van der Waals surface area (Å²) in [6.45, 7) is 0. The summed E-state index contributed by atoms with van der Waals surface area (Å²) in [7, 11) is 0. The molecule has 4 heterocycles. The van der Waals surface area contributed by atoms with Crippen molar-refractivity contribution >= 4 is 152 Å². The lowest BCUT2D eigenvalue weighted by atomic mass is 10.0. The third-order valence-corrected chi connectivity index (χ3v) is 21.3. The predicted molar refractivity (Wildman–Crippen MR) is 426 cm³/mol. The number of fused-ring (bicyclic) bond motifs is 20. The van der Waals surface area contributed by atoms with Crippen molar-refractivity contribution < 1.29 is 0 Å². The Bertz CT molecular complexity index is 6740. The van der Waals surface area contributed by atoms with Gasteiger partial charge in [-0.3, -0.25) is 0 Å². The number of benzene rings is 18. The number of nitrogens with zero attached hydrogens (tertiary/aromatic N) is 4. The first-order valence-electron chi connectivity index (χ1n) is 34.5. The SMILES string of the molecule is c1ccc2c(c1)ccc1ccc(-n3c4ccccc4c4cc(-c5ccc6c(c5)c5ccccc5n6-c5ccc6ccc7ccccc7c6c5)ccc43)cc12.c1ccc2cc(-n3c4ccccc4c4cc(-c5ccc6c(c5)c5ccccc5n6-c5ccc6ccccc6c5)ccc43)ccc2c1. The Hall–Kier alpha value is -13.3. The van der Waals surface area contributed by atoms with E-state index in [1.807, 2.05) is 0 Å². The first-order valence-corrected chi connectivity index (χ1v) is 34.5. The fourth-order valence-corrected chi connectivity index (χ4v) is 16.6. The van der Waals surface area contributed by atoms with Gasteiger partial charge in [0.25, 0.3) is 0 Å². The molecule has 0 spiro atoms. The molecule has 0 saturated heterocycles. The summed E-state index contributed by atoms with van der Waals surface area (Å²) >= 11 is 0. The Morgan fingerprint density at radius 3 is 0.660 bits per heavy atom. The lowest BCUT2D eigenvalue weighted by Crippen LogP contribution is -1.94. The van der Waals surface area contributed by atoms with Crippen molar-refractivity contribution in [3.05, 3.63) is 364 Å². The quantitative estimate of drug-likeness (QED) is 0.148. The molecule has 18 aromatic carbocycles. The van der Waals surface area contributed by atoms with Gasteiger partial charge in [0.05, 0.1) is 44.1 Å². The minimum atomic E-state index is 1.17. The van der Waals surface area contributed by atoms with Crippen molar-refractivity contribution in [3.8, 4) is 45.0 Å². The molecule has 0 radical (unpaired) electrons. The van der Waals surface area contributed by atoms with Gasteiger partial charge in [-0.15, -0.1) is 0 Å². The van der Waals surface area contributed by atoms with Crippen molar-refractivity contribution in [2.24, 2.45) is 0 Å². The minimum Gasteiger partial charge on any atom is -0.309 e. The molecule has 0 fully saturated rings. The molecule has 0 N–H and O–H groups in total. The summed E-state index contributed by atoms with van der Waals surface area (Å²) in [5.41, 5.74) is 19.3. The van der Waals surface area contributed by atoms with Crippen LogP contribution in [0.5, 0.6) is 0 Å². The van der Waals surface area contributed by atoms with E-state index in [4.69, 9.17) is 0 Å². The highest BCUT2D eigenvalue weighted by molar-refractivity contribution is 6.17. The zero-order chi connectivity index (χ0) is 65.5. The van der Waals surface area contributed by atoms with E-state index in [0.717, 1.165) is 0 Å². The van der Waals surface area contributed by atoms with Crippen LogP contribution >= 0.6 is 0 Å². The highest BCUT2D eigenvalue weighted by Gasteiger charge is 2.20. The molecule has 0 unspecified atom stereocenters. The molecule has 0 amide bonds. The number of rotatable bonds is 6. The predicted octanol–water partition coefficient (Wildman–Crippen LogP) is 26.0. The van der Waals surface area contributed by atoms with E-state index >= 15 is 0 Å². The molecule has 0 atom stereocenters. The molecule has 4 nitrogen and oxygen atoms in total. The Balaban J connectivity index is 0.000000133. The second kappa shape index (κ2) is 22.1. The maximum absolute atomic E-state index is 2.43. The number of para-hydroxylation sites is 4. The topological polar surface area (TPSA) is 19.7 Å². The Morgan fingerprint density at radius 1 is 0.120 bits per heavy atom. The van der Waals surface area contributed by atoms with Crippen LogP contribution in [0.1, 0.15) is 0 Å². The van der Waals surface area contributed by atoms with E-state index in [1.165, 1.54) is 197 Å². The van der Waals surface area contributed by atoms with Gasteiger partial charge >= 0.3 is 0 Å². The average molecular weight is 1270 g/mol. The molecule has 0 aliphatic heterocycles. The van der Waals surface area contributed by atoms with Crippen LogP contribution in [0.2, 0.25) is 0 Å². The first-order chi connectivity index (χ1) is 49.6. The van der Waals surface area contributed by atoms with Crippen LogP contribution in [0.15, 0.2) is 364 Å². The van der Waals surface area contributed by atoms with Gasteiger partial charge in [-0.1, -0.05) is 243 Å². The Labute approximate surface area is 575 Å². The molecule has 0 bridgehead atoms. The largest absolute Gasteiger partial charge is 0.309 e. The molecule has 0 aliphatic rings. The molecular formula is C96H60N4. The third kappa shape index (κ3) is 8.74. The van der Waals surface area contributed by atoms with Gasteiger partial charge < -0.3 is 18.3 Å². The summed E-state index contributed by atoms with van der Waals surface area (Å²) in [6, 6.07) is 134. The highest BCUT2D eigenvalue weighted by Crippen LogP contribution is 2.43.